The van der Waals surface area contributed by atoms with Gasteiger partial charge in [-0.05, 0) is 65.1 Å². The molecule has 0 aromatic rings. The Morgan fingerprint density at radius 1 is 1.28 bits per heavy atom. The summed E-state index contributed by atoms with van der Waals surface area (Å²) in [5.74, 6) is 0.846. The van der Waals surface area contributed by atoms with E-state index in [2.05, 4.69) is 31.4 Å². The Labute approximate surface area is 113 Å². The lowest BCUT2D eigenvalue weighted by Crippen LogP contribution is -2.33. The average Bonchev–Trinajstić information content (AvgIpc) is 2.57. The van der Waals surface area contributed by atoms with Crippen LogP contribution in [0.15, 0.2) is 0 Å². The lowest BCUT2D eigenvalue weighted by atomic mass is 9.99. The van der Waals surface area contributed by atoms with Gasteiger partial charge in [0.1, 0.15) is 0 Å². The summed E-state index contributed by atoms with van der Waals surface area (Å²) >= 11 is 0. The normalized spacial score (nSPS) is 25.3. The van der Waals surface area contributed by atoms with Gasteiger partial charge in [-0.1, -0.05) is 13.3 Å². The molecular formula is C15H32N2O. The Kier molecular flexibility index (Phi) is 8.64. The number of ether oxygens (including phenoxy) is 1. The maximum atomic E-state index is 5.71. The van der Waals surface area contributed by atoms with Crippen LogP contribution in [-0.4, -0.2) is 38.4 Å². The Morgan fingerprint density at radius 3 is 2.83 bits per heavy atom. The third-order valence-corrected chi connectivity index (χ3v) is 3.68. The van der Waals surface area contributed by atoms with Gasteiger partial charge in [-0.25, -0.2) is 0 Å². The summed E-state index contributed by atoms with van der Waals surface area (Å²) in [6, 6.07) is 0.563. The summed E-state index contributed by atoms with van der Waals surface area (Å²) < 4.78 is 5.71. The van der Waals surface area contributed by atoms with E-state index in [1.807, 2.05) is 0 Å². The first kappa shape index (κ1) is 15.9. The van der Waals surface area contributed by atoms with E-state index in [1.54, 1.807) is 0 Å². The van der Waals surface area contributed by atoms with Crippen molar-refractivity contribution in [3.05, 3.63) is 0 Å². The number of hydrogen-bond acceptors (Lipinski definition) is 3. The molecule has 2 atom stereocenters. The molecule has 1 heterocycles. The predicted octanol–water partition coefficient (Wildman–Crippen LogP) is 2.56. The van der Waals surface area contributed by atoms with E-state index in [0.29, 0.717) is 12.1 Å². The molecule has 2 unspecified atom stereocenters. The quantitative estimate of drug-likeness (QED) is 0.655. The van der Waals surface area contributed by atoms with E-state index in [-0.39, 0.29) is 0 Å². The van der Waals surface area contributed by atoms with Gasteiger partial charge in [0.15, 0.2) is 0 Å². The van der Waals surface area contributed by atoms with Crippen molar-refractivity contribution in [1.82, 2.24) is 10.6 Å². The van der Waals surface area contributed by atoms with Gasteiger partial charge in [0.25, 0.3) is 0 Å². The van der Waals surface area contributed by atoms with Crippen LogP contribution in [0.1, 0.15) is 52.9 Å². The Hall–Kier alpha value is -0.120. The third kappa shape index (κ3) is 7.34. The van der Waals surface area contributed by atoms with Crippen molar-refractivity contribution in [3.8, 4) is 0 Å². The molecule has 1 fully saturated rings. The molecule has 1 aliphatic rings. The molecule has 108 valence electrons. The molecule has 1 saturated heterocycles. The Morgan fingerprint density at radius 2 is 2.11 bits per heavy atom. The maximum Gasteiger partial charge on any atom is 0.0623 e. The monoisotopic (exact) mass is 256 g/mol. The first-order chi connectivity index (χ1) is 8.72. The SMILES string of the molecule is CCCCNCC1CCNC(COC(C)C)CC1. The van der Waals surface area contributed by atoms with Crippen LogP contribution < -0.4 is 10.6 Å². The molecule has 0 aromatic carbocycles. The van der Waals surface area contributed by atoms with Crippen molar-refractivity contribution in [3.63, 3.8) is 0 Å². The van der Waals surface area contributed by atoms with E-state index in [0.717, 1.165) is 19.1 Å². The fourth-order valence-corrected chi connectivity index (χ4v) is 2.44. The van der Waals surface area contributed by atoms with Crippen LogP contribution in [0.4, 0.5) is 0 Å². The van der Waals surface area contributed by atoms with Crippen LogP contribution in [0.5, 0.6) is 0 Å². The highest BCUT2D eigenvalue weighted by Gasteiger charge is 2.18. The van der Waals surface area contributed by atoms with Crippen molar-refractivity contribution >= 4 is 0 Å². The van der Waals surface area contributed by atoms with E-state index in [4.69, 9.17) is 4.74 Å². The molecule has 1 rings (SSSR count). The van der Waals surface area contributed by atoms with Gasteiger partial charge in [-0.15, -0.1) is 0 Å². The number of hydrogen-bond donors (Lipinski definition) is 2. The van der Waals surface area contributed by atoms with Crippen LogP contribution >= 0.6 is 0 Å². The molecule has 1 aliphatic heterocycles. The summed E-state index contributed by atoms with van der Waals surface area (Å²) in [6.07, 6.45) is 6.83. The van der Waals surface area contributed by atoms with Crippen LogP contribution in [-0.2, 0) is 4.74 Å². The average molecular weight is 256 g/mol. The summed E-state index contributed by atoms with van der Waals surface area (Å²) in [4.78, 5) is 0. The van der Waals surface area contributed by atoms with Gasteiger partial charge in [0.2, 0.25) is 0 Å². The zero-order valence-corrected chi connectivity index (χ0v) is 12.5. The van der Waals surface area contributed by atoms with E-state index >= 15 is 0 Å². The number of rotatable bonds is 8. The first-order valence-corrected chi connectivity index (χ1v) is 7.78. The fourth-order valence-electron chi connectivity index (χ4n) is 2.44. The van der Waals surface area contributed by atoms with Crippen LogP contribution in [0.25, 0.3) is 0 Å². The minimum absolute atomic E-state index is 0.349. The summed E-state index contributed by atoms with van der Waals surface area (Å²) in [5, 5.41) is 7.21. The minimum Gasteiger partial charge on any atom is -0.377 e. The highest BCUT2D eigenvalue weighted by Crippen LogP contribution is 2.16. The molecule has 0 radical (unpaired) electrons. The lowest BCUT2D eigenvalue weighted by molar-refractivity contribution is 0.0603. The summed E-state index contributed by atoms with van der Waals surface area (Å²) in [5.41, 5.74) is 0. The van der Waals surface area contributed by atoms with Crippen molar-refractivity contribution in [2.24, 2.45) is 5.92 Å². The van der Waals surface area contributed by atoms with E-state index < -0.39 is 0 Å². The molecule has 0 aromatic heterocycles. The minimum atomic E-state index is 0.349. The summed E-state index contributed by atoms with van der Waals surface area (Å²) in [7, 11) is 0. The topological polar surface area (TPSA) is 33.3 Å². The highest BCUT2D eigenvalue weighted by atomic mass is 16.5. The van der Waals surface area contributed by atoms with E-state index in [9.17, 15) is 0 Å². The van der Waals surface area contributed by atoms with Gasteiger partial charge in [0.05, 0.1) is 12.7 Å². The molecule has 0 amide bonds. The molecule has 3 heteroatoms. The second kappa shape index (κ2) is 9.76. The van der Waals surface area contributed by atoms with Crippen molar-refractivity contribution in [2.75, 3.05) is 26.2 Å². The second-order valence-corrected chi connectivity index (χ2v) is 5.82. The first-order valence-electron chi connectivity index (χ1n) is 7.78. The molecular weight excluding hydrogens is 224 g/mol. The largest absolute Gasteiger partial charge is 0.377 e. The van der Waals surface area contributed by atoms with Crippen molar-refractivity contribution in [2.45, 2.75) is 65.0 Å². The van der Waals surface area contributed by atoms with E-state index in [1.165, 1.54) is 45.2 Å². The second-order valence-electron chi connectivity index (χ2n) is 5.82. The molecule has 18 heavy (non-hydrogen) atoms. The molecule has 3 nitrogen and oxygen atoms in total. The molecule has 0 saturated carbocycles. The molecule has 2 N–H and O–H groups in total. The van der Waals surface area contributed by atoms with Crippen molar-refractivity contribution in [1.29, 1.82) is 0 Å². The van der Waals surface area contributed by atoms with Crippen LogP contribution in [0.3, 0.4) is 0 Å². The molecule has 0 aliphatic carbocycles. The Balaban J connectivity index is 2.12. The van der Waals surface area contributed by atoms with Gasteiger partial charge < -0.3 is 15.4 Å². The Bertz CT molecular complexity index is 197. The fraction of sp³-hybridized carbons (Fsp3) is 1.00. The highest BCUT2D eigenvalue weighted by molar-refractivity contribution is 4.76. The maximum absolute atomic E-state index is 5.71. The van der Waals surface area contributed by atoms with Gasteiger partial charge >= 0.3 is 0 Å². The smallest absolute Gasteiger partial charge is 0.0623 e. The third-order valence-electron chi connectivity index (χ3n) is 3.68. The predicted molar refractivity (Wildman–Crippen MR) is 78.0 cm³/mol. The van der Waals surface area contributed by atoms with Crippen molar-refractivity contribution < 1.29 is 4.74 Å². The molecule has 0 bridgehead atoms. The van der Waals surface area contributed by atoms with Crippen LogP contribution in [0, 0.1) is 5.92 Å². The van der Waals surface area contributed by atoms with Gasteiger partial charge in [0, 0.05) is 6.04 Å². The number of unbranched alkanes of at least 4 members (excludes halogenated alkanes) is 1. The number of nitrogens with one attached hydrogen (secondary N) is 2. The zero-order valence-electron chi connectivity index (χ0n) is 12.5. The van der Waals surface area contributed by atoms with Gasteiger partial charge in [-0.2, -0.15) is 0 Å². The van der Waals surface area contributed by atoms with Crippen LogP contribution in [0.2, 0.25) is 0 Å². The lowest BCUT2D eigenvalue weighted by Gasteiger charge is -2.17. The molecule has 0 spiro atoms. The summed E-state index contributed by atoms with van der Waals surface area (Å²) in [6.45, 7) is 10.9. The van der Waals surface area contributed by atoms with Gasteiger partial charge in [-0.3, -0.25) is 0 Å². The zero-order chi connectivity index (χ0) is 13.2. The standard InChI is InChI=1S/C15H32N2O/c1-4-5-9-16-11-14-6-7-15(17-10-8-14)12-18-13(2)3/h13-17H,4-12H2,1-3H3.